The summed E-state index contributed by atoms with van der Waals surface area (Å²) in [5.74, 6) is 1.23. The molecule has 130 valence electrons. The van der Waals surface area contributed by atoms with Gasteiger partial charge in [0, 0.05) is 17.7 Å². The van der Waals surface area contributed by atoms with Gasteiger partial charge < -0.3 is 14.6 Å². The maximum absolute atomic E-state index is 12.7. The van der Waals surface area contributed by atoms with E-state index in [2.05, 4.69) is 10.5 Å². The molecule has 1 atom stereocenters. The van der Waals surface area contributed by atoms with E-state index in [1.165, 1.54) is 0 Å². The predicted octanol–water partition coefficient (Wildman–Crippen LogP) is 3.89. The minimum atomic E-state index is -0.255. The van der Waals surface area contributed by atoms with Gasteiger partial charge in [0.25, 0.3) is 0 Å². The lowest BCUT2D eigenvalue weighted by Crippen LogP contribution is -2.29. The van der Waals surface area contributed by atoms with E-state index in [1.54, 1.807) is 0 Å². The van der Waals surface area contributed by atoms with Crippen LogP contribution in [0.1, 0.15) is 55.7 Å². The van der Waals surface area contributed by atoms with E-state index in [-0.39, 0.29) is 17.9 Å². The molecule has 0 radical (unpaired) electrons. The Labute approximate surface area is 143 Å². The second-order valence-corrected chi connectivity index (χ2v) is 6.19. The zero-order valence-electron chi connectivity index (χ0n) is 15.1. The monoisotopic (exact) mass is 330 g/mol. The maximum Gasteiger partial charge on any atom is 0.228 e. The van der Waals surface area contributed by atoms with Crippen molar-refractivity contribution >= 4 is 5.91 Å². The van der Waals surface area contributed by atoms with Crippen molar-refractivity contribution in [3.63, 3.8) is 0 Å². The van der Waals surface area contributed by atoms with Crippen LogP contribution in [0.2, 0.25) is 0 Å². The van der Waals surface area contributed by atoms with Crippen LogP contribution in [0.4, 0.5) is 0 Å². The summed E-state index contributed by atoms with van der Waals surface area (Å²) >= 11 is 0. The molecule has 0 fully saturated rings. The van der Waals surface area contributed by atoms with E-state index in [1.807, 2.05) is 58.9 Å². The van der Waals surface area contributed by atoms with E-state index in [9.17, 15) is 4.79 Å². The molecule has 1 heterocycles. The minimum absolute atomic E-state index is 0.0220. The van der Waals surface area contributed by atoms with Crippen LogP contribution in [0.25, 0.3) is 0 Å². The van der Waals surface area contributed by atoms with Crippen molar-refractivity contribution in [2.24, 2.45) is 0 Å². The highest BCUT2D eigenvalue weighted by molar-refractivity contribution is 5.84. The van der Waals surface area contributed by atoms with E-state index in [0.29, 0.717) is 18.7 Å². The zero-order valence-corrected chi connectivity index (χ0v) is 15.1. The summed E-state index contributed by atoms with van der Waals surface area (Å²) in [5.41, 5.74) is 2.63. The lowest BCUT2D eigenvalue weighted by molar-refractivity contribution is -0.122. The van der Waals surface area contributed by atoms with Crippen LogP contribution in [0, 0.1) is 13.8 Å². The first-order chi connectivity index (χ1) is 11.4. The summed E-state index contributed by atoms with van der Waals surface area (Å²) in [4.78, 5) is 12.7. The quantitative estimate of drug-likeness (QED) is 0.836. The number of hydrogen-bond donors (Lipinski definition) is 1. The van der Waals surface area contributed by atoms with Crippen LogP contribution < -0.4 is 10.1 Å². The molecule has 2 aromatic rings. The molecule has 0 aliphatic heterocycles. The van der Waals surface area contributed by atoms with E-state index in [4.69, 9.17) is 9.26 Å². The zero-order chi connectivity index (χ0) is 17.7. The summed E-state index contributed by atoms with van der Waals surface area (Å²) in [5, 5.41) is 6.98. The van der Waals surface area contributed by atoms with Gasteiger partial charge in [-0.1, -0.05) is 30.3 Å². The highest BCUT2D eigenvalue weighted by atomic mass is 16.5. The van der Waals surface area contributed by atoms with Crippen LogP contribution in [-0.4, -0.2) is 17.2 Å². The van der Waals surface area contributed by atoms with Crippen molar-refractivity contribution in [2.75, 3.05) is 0 Å². The second-order valence-electron chi connectivity index (χ2n) is 6.19. The van der Waals surface area contributed by atoms with E-state index in [0.717, 1.165) is 22.6 Å². The Morgan fingerprint density at radius 2 is 2.00 bits per heavy atom. The topological polar surface area (TPSA) is 64.4 Å². The fourth-order valence-corrected chi connectivity index (χ4v) is 2.83. The van der Waals surface area contributed by atoms with E-state index >= 15 is 0 Å². The number of nitrogens with zero attached hydrogens (tertiary/aromatic N) is 1. The molecule has 0 unspecified atom stereocenters. The SMILES string of the molecule is CC[C@H](C(=O)NCc1ccccc1OC(C)C)c1c(C)noc1C. The fraction of sp³-hybridized carbons (Fsp3) is 0.474. The standard InChI is InChI=1S/C19H26N2O3/c1-6-16(18-13(4)21-24-14(18)5)19(22)20-11-15-9-7-8-10-17(15)23-12(2)3/h7-10,12,16H,6,11H2,1-5H3,(H,20,22)/t16-/m0/s1. The molecule has 0 aliphatic carbocycles. The third kappa shape index (κ3) is 4.16. The van der Waals surface area contributed by atoms with Gasteiger partial charge in [-0.25, -0.2) is 0 Å². The van der Waals surface area contributed by atoms with Crippen molar-refractivity contribution in [1.82, 2.24) is 10.5 Å². The first kappa shape index (κ1) is 18.0. The number of carbonyl (C=O) groups is 1. The van der Waals surface area contributed by atoms with Gasteiger partial charge in [0.05, 0.1) is 17.7 Å². The Morgan fingerprint density at radius 3 is 2.58 bits per heavy atom. The lowest BCUT2D eigenvalue weighted by Gasteiger charge is -2.17. The highest BCUT2D eigenvalue weighted by Crippen LogP contribution is 2.27. The summed E-state index contributed by atoms with van der Waals surface area (Å²) in [6.07, 6.45) is 0.784. The molecule has 1 aromatic heterocycles. The summed E-state index contributed by atoms with van der Waals surface area (Å²) in [6.45, 7) is 10.1. The minimum Gasteiger partial charge on any atom is -0.491 e. The van der Waals surface area contributed by atoms with Gasteiger partial charge in [-0.3, -0.25) is 4.79 Å². The largest absolute Gasteiger partial charge is 0.491 e. The summed E-state index contributed by atoms with van der Waals surface area (Å²) < 4.78 is 11.0. The molecule has 1 N–H and O–H groups in total. The van der Waals surface area contributed by atoms with Crippen molar-refractivity contribution in [1.29, 1.82) is 0 Å². The number of aromatic nitrogens is 1. The Kier molecular flexibility index (Phi) is 6.01. The molecule has 5 heteroatoms. The van der Waals surface area contributed by atoms with Crippen molar-refractivity contribution < 1.29 is 14.1 Å². The Morgan fingerprint density at radius 1 is 1.29 bits per heavy atom. The molecule has 0 spiro atoms. The van der Waals surface area contributed by atoms with Gasteiger partial charge in [0.15, 0.2) is 0 Å². The Bertz CT molecular complexity index is 672. The maximum atomic E-state index is 12.7. The first-order valence-electron chi connectivity index (χ1n) is 8.39. The van der Waals surface area contributed by atoms with Gasteiger partial charge in [0.2, 0.25) is 5.91 Å². The van der Waals surface area contributed by atoms with Crippen LogP contribution in [-0.2, 0) is 11.3 Å². The third-order valence-electron chi connectivity index (χ3n) is 3.95. The molecule has 24 heavy (non-hydrogen) atoms. The van der Waals surface area contributed by atoms with Gasteiger partial charge >= 0.3 is 0 Å². The molecular weight excluding hydrogens is 304 g/mol. The molecule has 0 aliphatic rings. The molecule has 2 rings (SSSR count). The van der Waals surface area contributed by atoms with Crippen LogP contribution in [0.3, 0.4) is 0 Å². The molecule has 0 bridgehead atoms. The molecular formula is C19H26N2O3. The van der Waals surface area contributed by atoms with Crippen LogP contribution in [0.5, 0.6) is 5.75 Å². The number of ether oxygens (including phenoxy) is 1. The lowest BCUT2D eigenvalue weighted by atomic mass is 9.94. The third-order valence-corrected chi connectivity index (χ3v) is 3.95. The second kappa shape index (κ2) is 7.99. The number of amides is 1. The van der Waals surface area contributed by atoms with Crippen molar-refractivity contribution in [3.05, 3.63) is 46.8 Å². The summed E-state index contributed by atoms with van der Waals surface area (Å²) in [6, 6.07) is 7.77. The van der Waals surface area contributed by atoms with Crippen molar-refractivity contribution in [2.45, 2.75) is 59.6 Å². The average molecular weight is 330 g/mol. The fourth-order valence-electron chi connectivity index (χ4n) is 2.83. The highest BCUT2D eigenvalue weighted by Gasteiger charge is 2.25. The number of benzene rings is 1. The summed E-state index contributed by atoms with van der Waals surface area (Å²) in [7, 11) is 0. The number of para-hydroxylation sites is 1. The number of carbonyl (C=O) groups excluding carboxylic acids is 1. The molecule has 5 nitrogen and oxygen atoms in total. The number of rotatable bonds is 7. The molecule has 1 amide bonds. The van der Waals surface area contributed by atoms with E-state index < -0.39 is 0 Å². The predicted molar refractivity (Wildman–Crippen MR) is 93.1 cm³/mol. The molecule has 0 saturated heterocycles. The van der Waals surface area contributed by atoms with Crippen LogP contribution in [0.15, 0.2) is 28.8 Å². The Hall–Kier alpha value is -2.30. The van der Waals surface area contributed by atoms with Gasteiger partial charge in [-0.2, -0.15) is 0 Å². The normalized spacial score (nSPS) is 12.2. The Balaban J connectivity index is 2.10. The van der Waals surface area contributed by atoms with Crippen molar-refractivity contribution in [3.8, 4) is 5.75 Å². The number of nitrogens with one attached hydrogen (secondary N) is 1. The first-order valence-corrected chi connectivity index (χ1v) is 8.39. The number of aryl methyl sites for hydroxylation is 2. The number of hydrogen-bond acceptors (Lipinski definition) is 4. The molecule has 1 aromatic carbocycles. The van der Waals surface area contributed by atoms with Gasteiger partial charge in [0.1, 0.15) is 11.5 Å². The smallest absolute Gasteiger partial charge is 0.228 e. The van der Waals surface area contributed by atoms with Crippen LogP contribution >= 0.6 is 0 Å². The van der Waals surface area contributed by atoms with Gasteiger partial charge in [-0.05, 0) is 40.2 Å². The van der Waals surface area contributed by atoms with Gasteiger partial charge in [-0.15, -0.1) is 0 Å². The average Bonchev–Trinajstić information content (AvgIpc) is 2.87. The molecule has 0 saturated carbocycles.